The summed E-state index contributed by atoms with van der Waals surface area (Å²) in [6, 6.07) is 16.1. The number of benzene rings is 2. The Morgan fingerprint density at radius 2 is 1.92 bits per heavy atom. The second-order valence-corrected chi connectivity index (χ2v) is 6.33. The van der Waals surface area contributed by atoms with Gasteiger partial charge < -0.3 is 14.7 Å². The molecule has 124 valence electrons. The van der Waals surface area contributed by atoms with Crippen LogP contribution in [-0.2, 0) is 21.7 Å². The molecule has 0 saturated carbocycles. The van der Waals surface area contributed by atoms with Gasteiger partial charge in [0.15, 0.2) is 0 Å². The van der Waals surface area contributed by atoms with E-state index < -0.39 is 17.2 Å². The fourth-order valence-corrected chi connectivity index (χ4v) is 3.39. The molecule has 0 aromatic heterocycles. The van der Waals surface area contributed by atoms with E-state index in [4.69, 9.17) is 4.74 Å². The Bertz CT molecular complexity index is 947. The summed E-state index contributed by atoms with van der Waals surface area (Å²) in [5, 5.41) is 18.4. The summed E-state index contributed by atoms with van der Waals surface area (Å²) < 4.78 is 5.28. The maximum atomic E-state index is 12.5. The van der Waals surface area contributed by atoms with Crippen LogP contribution in [0.1, 0.15) is 28.4 Å². The number of nitrogens with zero attached hydrogens (tertiary/aromatic N) is 2. The van der Waals surface area contributed by atoms with Gasteiger partial charge in [-0.3, -0.25) is 4.79 Å². The maximum absolute atomic E-state index is 12.5. The highest BCUT2D eigenvalue weighted by Gasteiger charge is 2.75. The van der Waals surface area contributed by atoms with Crippen molar-refractivity contribution < 1.29 is 19.4 Å². The normalized spacial score (nSPS) is 26.9. The number of nitriles is 1. The van der Waals surface area contributed by atoms with Crippen molar-refractivity contribution >= 4 is 17.6 Å². The third-order valence-electron chi connectivity index (χ3n) is 5.00. The first-order valence-electron chi connectivity index (χ1n) is 7.78. The molecule has 2 aliphatic rings. The third kappa shape index (κ3) is 1.93. The van der Waals surface area contributed by atoms with Crippen molar-refractivity contribution in [2.24, 2.45) is 0 Å². The molecule has 6 heteroatoms. The van der Waals surface area contributed by atoms with Crippen molar-refractivity contribution in [3.05, 3.63) is 65.2 Å². The molecule has 0 unspecified atom stereocenters. The highest BCUT2D eigenvalue weighted by Crippen LogP contribution is 2.55. The first-order chi connectivity index (χ1) is 11.9. The van der Waals surface area contributed by atoms with Gasteiger partial charge >= 0.3 is 5.97 Å². The summed E-state index contributed by atoms with van der Waals surface area (Å²) in [6.07, 6.45) is 0. The molecule has 2 heterocycles. The number of carbonyl (C=O) groups is 2. The third-order valence-corrected chi connectivity index (χ3v) is 5.00. The summed E-state index contributed by atoms with van der Waals surface area (Å²) in [7, 11) is 0. The second kappa shape index (κ2) is 4.91. The minimum Gasteiger partial charge on any atom is -0.478 e. The molecule has 0 bridgehead atoms. The van der Waals surface area contributed by atoms with Crippen LogP contribution in [0.3, 0.4) is 0 Å². The SMILES string of the molecule is C[C@@]1(c2ccc(N3Cc4ccccc4C3=O)cc2)O[C@]1(C#N)C(=O)O. The molecular weight excluding hydrogens is 320 g/mol. The predicted molar refractivity (Wildman–Crippen MR) is 87.8 cm³/mol. The van der Waals surface area contributed by atoms with Gasteiger partial charge in [-0.15, -0.1) is 0 Å². The number of carboxylic acids is 1. The van der Waals surface area contributed by atoms with E-state index in [9.17, 15) is 20.0 Å². The first-order valence-corrected chi connectivity index (χ1v) is 7.78. The number of fused-ring (bicyclic) bond motifs is 1. The van der Waals surface area contributed by atoms with Gasteiger partial charge in [0.05, 0.1) is 6.54 Å². The molecule has 1 amide bonds. The number of hydrogen-bond acceptors (Lipinski definition) is 4. The van der Waals surface area contributed by atoms with Crippen LogP contribution in [0.25, 0.3) is 0 Å². The Morgan fingerprint density at radius 1 is 1.24 bits per heavy atom. The van der Waals surface area contributed by atoms with Crippen molar-refractivity contribution in [1.82, 2.24) is 0 Å². The molecule has 25 heavy (non-hydrogen) atoms. The lowest BCUT2D eigenvalue weighted by molar-refractivity contribution is -0.141. The van der Waals surface area contributed by atoms with Gasteiger partial charge in [0.25, 0.3) is 11.5 Å². The van der Waals surface area contributed by atoms with E-state index in [0.717, 1.165) is 5.56 Å². The van der Waals surface area contributed by atoms with E-state index in [2.05, 4.69) is 0 Å². The van der Waals surface area contributed by atoms with Crippen LogP contribution >= 0.6 is 0 Å². The minimum atomic E-state index is -1.85. The van der Waals surface area contributed by atoms with Crippen molar-refractivity contribution in [2.75, 3.05) is 4.90 Å². The van der Waals surface area contributed by atoms with Crippen LogP contribution in [0.4, 0.5) is 5.69 Å². The molecule has 1 saturated heterocycles. The molecule has 0 radical (unpaired) electrons. The zero-order chi connectivity index (χ0) is 17.8. The smallest absolute Gasteiger partial charge is 0.354 e. The van der Waals surface area contributed by atoms with Crippen molar-refractivity contribution in [2.45, 2.75) is 24.7 Å². The number of anilines is 1. The Hall–Kier alpha value is -3.17. The van der Waals surface area contributed by atoms with Crippen molar-refractivity contribution in [1.29, 1.82) is 5.26 Å². The largest absolute Gasteiger partial charge is 0.478 e. The first kappa shape index (κ1) is 15.4. The molecule has 4 rings (SSSR count). The topological polar surface area (TPSA) is 93.9 Å². The lowest BCUT2D eigenvalue weighted by Crippen LogP contribution is -2.29. The molecule has 2 aliphatic heterocycles. The van der Waals surface area contributed by atoms with Gasteiger partial charge in [0, 0.05) is 11.3 Å². The van der Waals surface area contributed by atoms with Gasteiger partial charge in [-0.25, -0.2) is 4.79 Å². The number of rotatable bonds is 3. The summed E-state index contributed by atoms with van der Waals surface area (Å²) in [5.41, 5.74) is -0.0727. The summed E-state index contributed by atoms with van der Waals surface area (Å²) in [6.45, 7) is 2.08. The van der Waals surface area contributed by atoms with E-state index in [1.807, 2.05) is 18.2 Å². The number of hydrogen-bond donors (Lipinski definition) is 1. The fourth-order valence-electron chi connectivity index (χ4n) is 3.39. The number of amides is 1. The Balaban J connectivity index is 1.62. The highest BCUT2D eigenvalue weighted by molar-refractivity contribution is 6.10. The van der Waals surface area contributed by atoms with Gasteiger partial charge in [-0.1, -0.05) is 30.3 Å². The number of epoxide rings is 1. The second-order valence-electron chi connectivity index (χ2n) is 6.33. The number of ether oxygens (including phenoxy) is 1. The Kier molecular flexibility index (Phi) is 3.02. The number of carboxylic acid groups (broad SMARTS) is 1. The van der Waals surface area contributed by atoms with Crippen molar-refractivity contribution in [3.63, 3.8) is 0 Å². The molecule has 1 fully saturated rings. The van der Waals surface area contributed by atoms with E-state index in [1.54, 1.807) is 48.2 Å². The van der Waals surface area contributed by atoms with Gasteiger partial charge in [0.1, 0.15) is 11.7 Å². The monoisotopic (exact) mass is 334 g/mol. The van der Waals surface area contributed by atoms with Crippen LogP contribution in [0.5, 0.6) is 0 Å². The zero-order valence-electron chi connectivity index (χ0n) is 13.4. The summed E-state index contributed by atoms with van der Waals surface area (Å²) in [5.74, 6) is -1.36. The van der Waals surface area contributed by atoms with Gasteiger partial charge in [-0.05, 0) is 36.2 Å². The molecule has 0 aliphatic carbocycles. The lowest BCUT2D eigenvalue weighted by atomic mass is 9.88. The fraction of sp³-hybridized carbons (Fsp3) is 0.211. The van der Waals surface area contributed by atoms with Crippen molar-refractivity contribution in [3.8, 4) is 6.07 Å². The highest BCUT2D eigenvalue weighted by atomic mass is 16.6. The molecule has 2 atom stereocenters. The average molecular weight is 334 g/mol. The molecule has 1 N–H and O–H groups in total. The van der Waals surface area contributed by atoms with Crippen LogP contribution < -0.4 is 4.90 Å². The van der Waals surface area contributed by atoms with E-state index in [1.165, 1.54) is 0 Å². The molecule has 2 aromatic rings. The van der Waals surface area contributed by atoms with E-state index in [-0.39, 0.29) is 5.91 Å². The summed E-state index contributed by atoms with van der Waals surface area (Å²) >= 11 is 0. The van der Waals surface area contributed by atoms with Gasteiger partial charge in [-0.2, -0.15) is 5.26 Å². The van der Waals surface area contributed by atoms with E-state index >= 15 is 0 Å². The predicted octanol–water partition coefficient (Wildman–Crippen LogP) is 2.44. The van der Waals surface area contributed by atoms with Crippen LogP contribution in [0.15, 0.2) is 48.5 Å². The number of carbonyl (C=O) groups excluding carboxylic acids is 1. The van der Waals surface area contributed by atoms with Crippen LogP contribution in [-0.4, -0.2) is 22.6 Å². The standard InChI is InChI=1S/C19H14N2O4/c1-18(19(11-20,25-18)17(23)24)13-6-8-14(9-7-13)21-10-12-4-2-3-5-15(12)16(21)22/h2-9H,10H2,1H3,(H,23,24)/t18-,19+/m0/s1. The van der Waals surface area contributed by atoms with Gasteiger partial charge in [0.2, 0.25) is 0 Å². The van der Waals surface area contributed by atoms with Crippen LogP contribution in [0.2, 0.25) is 0 Å². The van der Waals surface area contributed by atoms with Crippen LogP contribution in [0, 0.1) is 11.3 Å². The quantitative estimate of drug-likeness (QED) is 0.870. The molecule has 2 aromatic carbocycles. The lowest BCUT2D eigenvalue weighted by Gasteiger charge is -2.17. The maximum Gasteiger partial charge on any atom is 0.354 e. The number of aliphatic carboxylic acids is 1. The molecular formula is C19H14N2O4. The summed E-state index contributed by atoms with van der Waals surface area (Å²) in [4.78, 5) is 25.5. The molecule has 0 spiro atoms. The zero-order valence-corrected chi connectivity index (χ0v) is 13.4. The minimum absolute atomic E-state index is 0.0610. The molecule has 6 nitrogen and oxygen atoms in total. The Labute approximate surface area is 143 Å². The average Bonchev–Trinajstić information content (AvgIpc) is 3.14. The van der Waals surface area contributed by atoms with E-state index in [0.29, 0.717) is 23.4 Å². The Morgan fingerprint density at radius 3 is 2.48 bits per heavy atom.